The number of hydrogen-bond acceptors (Lipinski definition) is 6. The monoisotopic (exact) mass is 366 g/mol. The molecule has 0 N–H and O–H groups in total. The third-order valence-corrected chi connectivity index (χ3v) is 10.1. The van der Waals surface area contributed by atoms with Crippen LogP contribution in [0.2, 0.25) is 0 Å². The topological polar surface area (TPSA) is 0 Å². The van der Waals surface area contributed by atoms with Gasteiger partial charge in [0.25, 0.3) is 0 Å². The van der Waals surface area contributed by atoms with Gasteiger partial charge in [-0.15, -0.1) is 9.45 Å². The molecule has 0 rings (SSSR count). The molecular formula is C10H22S7. The first-order valence-electron chi connectivity index (χ1n) is 5.58. The fourth-order valence-corrected chi connectivity index (χ4v) is 7.59. The molecule has 3 unspecified atom stereocenters. The Kier molecular flexibility index (Phi) is 15.1. The summed E-state index contributed by atoms with van der Waals surface area (Å²) in [5.74, 6) is 7.35. The van der Waals surface area contributed by atoms with Gasteiger partial charge in [0.1, 0.15) is 0 Å². The van der Waals surface area contributed by atoms with E-state index >= 15 is 0 Å². The van der Waals surface area contributed by atoms with Gasteiger partial charge in [0.05, 0.1) is 0 Å². The zero-order valence-corrected chi connectivity index (χ0v) is 16.0. The van der Waals surface area contributed by atoms with Crippen LogP contribution in [0.15, 0.2) is 0 Å². The van der Waals surface area contributed by atoms with Gasteiger partial charge in [-0.1, -0.05) is 18.1 Å². The zero-order chi connectivity index (χ0) is 13.1. The second-order valence-corrected chi connectivity index (χ2v) is 10.4. The molecular weight excluding hydrogens is 345 g/mol. The highest BCUT2D eigenvalue weighted by Gasteiger charge is 2.12. The fraction of sp³-hybridized carbons (Fsp3) is 1.00. The van der Waals surface area contributed by atoms with Crippen LogP contribution in [-0.4, -0.2) is 50.8 Å². The molecule has 7 heteroatoms. The molecule has 0 aliphatic carbocycles. The van der Waals surface area contributed by atoms with Crippen molar-refractivity contribution in [3.8, 4) is 0 Å². The Morgan fingerprint density at radius 1 is 1.18 bits per heavy atom. The summed E-state index contributed by atoms with van der Waals surface area (Å²) in [6.45, 7) is 2.18. The van der Waals surface area contributed by atoms with Crippen LogP contribution in [0.4, 0.5) is 0 Å². The Morgan fingerprint density at radius 2 is 1.88 bits per heavy atom. The molecule has 0 aromatic heterocycles. The number of hydrogen-bond donors (Lipinski definition) is 3. The maximum atomic E-state index is 5.47. The van der Waals surface area contributed by atoms with Crippen molar-refractivity contribution in [2.24, 2.45) is 0 Å². The van der Waals surface area contributed by atoms with Crippen molar-refractivity contribution in [3.05, 3.63) is 0 Å². The van der Waals surface area contributed by atoms with Crippen LogP contribution in [0.3, 0.4) is 0 Å². The van der Waals surface area contributed by atoms with E-state index < -0.39 is 0 Å². The molecule has 0 heterocycles. The Balaban J connectivity index is 3.81. The van der Waals surface area contributed by atoms with Gasteiger partial charge in [-0.2, -0.15) is 61.4 Å². The van der Waals surface area contributed by atoms with Crippen molar-refractivity contribution in [2.45, 2.75) is 17.4 Å². The van der Waals surface area contributed by atoms with E-state index in [1.807, 2.05) is 23.5 Å². The lowest BCUT2D eigenvalue weighted by Crippen LogP contribution is -2.22. The number of thiol groups is 3. The lowest BCUT2D eigenvalue weighted by Gasteiger charge is -2.18. The van der Waals surface area contributed by atoms with Gasteiger partial charge in [0, 0.05) is 39.3 Å². The predicted octanol–water partition coefficient (Wildman–Crippen LogP) is 3.08. The average molecular weight is 367 g/mol. The van der Waals surface area contributed by atoms with E-state index in [9.17, 15) is 0 Å². The largest absolute Gasteiger partial charge is 0.179 e. The van der Waals surface area contributed by atoms with E-state index in [0.29, 0.717) is 10.5 Å². The van der Waals surface area contributed by atoms with Crippen LogP contribution < -0.4 is 0 Å². The Hall–Kier alpha value is 2.32. The Labute approximate surface area is 138 Å². The highest BCUT2D eigenvalue weighted by atomic mass is 32.8. The average Bonchev–Trinajstić information content (AvgIpc) is 2.37. The first kappa shape index (κ1) is 19.3. The summed E-state index contributed by atoms with van der Waals surface area (Å²) in [6, 6.07) is 0. The lowest BCUT2D eigenvalue weighted by atomic mass is 10.5. The molecule has 0 saturated carbocycles. The van der Waals surface area contributed by atoms with Crippen molar-refractivity contribution in [2.75, 3.05) is 40.3 Å². The van der Waals surface area contributed by atoms with Gasteiger partial charge in [-0.05, 0) is 11.5 Å². The minimum absolute atomic E-state index is 0.111. The molecule has 0 radical (unpaired) electrons. The van der Waals surface area contributed by atoms with Gasteiger partial charge in [-0.3, -0.25) is 0 Å². The third kappa shape index (κ3) is 9.79. The molecule has 0 aromatic rings. The van der Waals surface area contributed by atoms with E-state index in [-0.39, 0.29) is 9.45 Å². The standard InChI is InChI=1S/C10H22S7/c1-2-17(14)10(6-13)8-15-7-9(5-12)16-4-3-11/h9-13H,2-8H2,1H3. The highest BCUT2D eigenvalue weighted by Crippen LogP contribution is 2.20. The molecule has 0 aliphatic heterocycles. The third-order valence-electron chi connectivity index (χ3n) is 2.12. The molecule has 0 aliphatic rings. The van der Waals surface area contributed by atoms with Gasteiger partial charge in [0.15, 0.2) is 0 Å². The first-order chi connectivity index (χ1) is 8.19. The SMILES string of the molecule is CCS(=S)C(CS)CSCC(CS)SCCS. The Morgan fingerprint density at radius 3 is 2.35 bits per heavy atom. The summed E-state index contributed by atoms with van der Waals surface area (Å²) in [5, 5.41) is 1.24. The van der Waals surface area contributed by atoms with E-state index in [0.717, 1.165) is 34.5 Å². The molecule has 0 nitrogen and oxygen atoms in total. The first-order valence-corrected chi connectivity index (χ1v) is 12.1. The molecule has 0 fully saturated rings. The van der Waals surface area contributed by atoms with Crippen molar-refractivity contribution in [1.82, 2.24) is 0 Å². The van der Waals surface area contributed by atoms with Gasteiger partial charge < -0.3 is 0 Å². The van der Waals surface area contributed by atoms with E-state index in [4.69, 9.17) is 11.2 Å². The smallest absolute Gasteiger partial charge is 0.0272 e. The molecule has 104 valence electrons. The summed E-state index contributed by atoms with van der Waals surface area (Å²) in [5.41, 5.74) is 0. The maximum absolute atomic E-state index is 5.47. The van der Waals surface area contributed by atoms with E-state index in [2.05, 4.69) is 44.8 Å². The predicted molar refractivity (Wildman–Crippen MR) is 104 cm³/mol. The summed E-state index contributed by atoms with van der Waals surface area (Å²) in [4.78, 5) is 0. The minimum Gasteiger partial charge on any atom is -0.179 e. The fourth-order valence-electron chi connectivity index (χ4n) is 1.15. The van der Waals surface area contributed by atoms with Gasteiger partial charge in [0.2, 0.25) is 0 Å². The molecule has 3 atom stereocenters. The molecule has 0 saturated heterocycles. The summed E-state index contributed by atoms with van der Waals surface area (Å²) in [6.07, 6.45) is 0. The zero-order valence-electron chi connectivity index (χ0n) is 10.1. The van der Waals surface area contributed by atoms with Gasteiger partial charge in [-0.25, -0.2) is 0 Å². The van der Waals surface area contributed by atoms with Crippen LogP contribution in [0.25, 0.3) is 0 Å². The van der Waals surface area contributed by atoms with Crippen LogP contribution in [0.1, 0.15) is 6.92 Å². The number of thioether (sulfide) groups is 2. The van der Waals surface area contributed by atoms with Crippen molar-refractivity contribution in [3.63, 3.8) is 0 Å². The molecule has 0 bridgehead atoms. The second-order valence-electron chi connectivity index (χ2n) is 3.41. The molecule has 17 heavy (non-hydrogen) atoms. The summed E-state index contributed by atoms with van der Waals surface area (Å²) in [7, 11) is 0.111. The van der Waals surface area contributed by atoms with Crippen molar-refractivity contribution < 1.29 is 0 Å². The van der Waals surface area contributed by atoms with Gasteiger partial charge >= 0.3 is 0 Å². The second kappa shape index (κ2) is 13.3. The summed E-state index contributed by atoms with van der Waals surface area (Å²) >= 11 is 22.5. The molecule has 0 spiro atoms. The number of rotatable bonds is 11. The van der Waals surface area contributed by atoms with Crippen LogP contribution in [0.5, 0.6) is 0 Å². The maximum Gasteiger partial charge on any atom is 0.0272 e. The summed E-state index contributed by atoms with van der Waals surface area (Å²) < 4.78 is 0. The Bertz CT molecular complexity index is 197. The normalized spacial score (nSPS) is 16.7. The van der Waals surface area contributed by atoms with Crippen LogP contribution >= 0.6 is 61.4 Å². The van der Waals surface area contributed by atoms with Crippen LogP contribution in [-0.2, 0) is 20.6 Å². The molecule has 0 aromatic carbocycles. The van der Waals surface area contributed by atoms with Crippen molar-refractivity contribution >= 4 is 82.1 Å². The highest BCUT2D eigenvalue weighted by molar-refractivity contribution is 8.29. The lowest BCUT2D eigenvalue weighted by molar-refractivity contribution is 1.12. The quantitative estimate of drug-likeness (QED) is 0.481. The van der Waals surface area contributed by atoms with E-state index in [1.54, 1.807) is 0 Å². The van der Waals surface area contributed by atoms with Crippen LogP contribution in [0, 0.1) is 0 Å². The van der Waals surface area contributed by atoms with Crippen molar-refractivity contribution in [1.29, 1.82) is 0 Å². The van der Waals surface area contributed by atoms with E-state index in [1.165, 1.54) is 5.75 Å². The molecule has 0 amide bonds. The minimum atomic E-state index is 0.111.